The quantitative estimate of drug-likeness (QED) is 0.798. The number of nitrogens with one attached hydrogen (secondary N) is 1. The van der Waals surface area contributed by atoms with Gasteiger partial charge in [0, 0.05) is 18.2 Å². The van der Waals surface area contributed by atoms with Gasteiger partial charge in [0.05, 0.1) is 5.75 Å². The Kier molecular flexibility index (Phi) is 4.40. The van der Waals surface area contributed by atoms with E-state index in [1.54, 1.807) is 13.0 Å². The summed E-state index contributed by atoms with van der Waals surface area (Å²) in [4.78, 5) is 0. The van der Waals surface area contributed by atoms with Gasteiger partial charge in [0.15, 0.2) is 0 Å². The zero-order chi connectivity index (χ0) is 12.2. The summed E-state index contributed by atoms with van der Waals surface area (Å²) in [5.74, 6) is -0.891. The summed E-state index contributed by atoms with van der Waals surface area (Å²) >= 11 is 0. The highest BCUT2D eigenvalue weighted by molar-refractivity contribution is 7.88. The van der Waals surface area contributed by atoms with Crippen LogP contribution in [-0.2, 0) is 15.8 Å². The van der Waals surface area contributed by atoms with E-state index in [0.717, 1.165) is 0 Å². The van der Waals surface area contributed by atoms with Crippen LogP contribution in [0.4, 0.5) is 4.39 Å². The van der Waals surface area contributed by atoms with Crippen molar-refractivity contribution < 1.29 is 12.8 Å². The molecule has 4 nitrogen and oxygen atoms in total. The normalized spacial score (nSPS) is 13.7. The van der Waals surface area contributed by atoms with Gasteiger partial charge >= 0.3 is 0 Å². The summed E-state index contributed by atoms with van der Waals surface area (Å²) in [6.45, 7) is 1.86. The minimum atomic E-state index is -3.54. The van der Waals surface area contributed by atoms with Crippen molar-refractivity contribution in [2.24, 2.45) is 5.73 Å². The first kappa shape index (κ1) is 13.1. The van der Waals surface area contributed by atoms with E-state index in [-0.39, 0.29) is 23.9 Å². The lowest BCUT2D eigenvalue weighted by Crippen LogP contribution is -2.38. The second kappa shape index (κ2) is 5.38. The SMILES string of the molecule is C[C@@H](CN)NS(=O)(=O)Cc1ccccc1F. The molecule has 3 N–H and O–H groups in total. The van der Waals surface area contributed by atoms with Gasteiger partial charge in [-0.25, -0.2) is 17.5 Å². The Bertz CT molecular complexity index is 448. The second-order valence-electron chi connectivity index (χ2n) is 3.61. The first-order valence-corrected chi connectivity index (χ1v) is 6.53. The molecule has 0 aliphatic carbocycles. The monoisotopic (exact) mass is 246 g/mol. The number of nitrogens with two attached hydrogens (primary N) is 1. The Labute approximate surface area is 94.7 Å². The van der Waals surface area contributed by atoms with E-state index < -0.39 is 15.8 Å². The third-order valence-electron chi connectivity index (χ3n) is 2.04. The molecule has 16 heavy (non-hydrogen) atoms. The van der Waals surface area contributed by atoms with Gasteiger partial charge in [0.25, 0.3) is 0 Å². The molecule has 1 aromatic carbocycles. The molecule has 0 heterocycles. The molecular weight excluding hydrogens is 231 g/mol. The second-order valence-corrected chi connectivity index (χ2v) is 5.36. The summed E-state index contributed by atoms with van der Waals surface area (Å²) < 4.78 is 38.8. The van der Waals surface area contributed by atoms with Gasteiger partial charge in [-0.15, -0.1) is 0 Å². The molecule has 0 saturated heterocycles. The number of benzene rings is 1. The van der Waals surface area contributed by atoms with Crippen LogP contribution in [0.15, 0.2) is 24.3 Å². The van der Waals surface area contributed by atoms with Crippen LogP contribution in [0.2, 0.25) is 0 Å². The lowest BCUT2D eigenvalue weighted by molar-refractivity contribution is 0.557. The molecule has 0 amide bonds. The van der Waals surface area contributed by atoms with Crippen molar-refractivity contribution in [1.82, 2.24) is 4.72 Å². The highest BCUT2D eigenvalue weighted by Crippen LogP contribution is 2.10. The highest BCUT2D eigenvalue weighted by Gasteiger charge is 2.16. The smallest absolute Gasteiger partial charge is 0.216 e. The molecule has 0 spiro atoms. The third-order valence-corrected chi connectivity index (χ3v) is 3.49. The maximum atomic E-state index is 13.2. The first-order chi connectivity index (χ1) is 7.44. The lowest BCUT2D eigenvalue weighted by Gasteiger charge is -2.12. The zero-order valence-electron chi connectivity index (χ0n) is 8.98. The number of hydrogen-bond acceptors (Lipinski definition) is 3. The standard InChI is InChI=1S/C10H15FN2O2S/c1-8(6-12)13-16(14,15)7-9-4-2-3-5-10(9)11/h2-5,8,13H,6-7,12H2,1H3/t8-/m0/s1. The first-order valence-electron chi connectivity index (χ1n) is 4.88. The predicted molar refractivity (Wildman–Crippen MR) is 60.7 cm³/mol. The number of halogens is 1. The van der Waals surface area contributed by atoms with Crippen LogP contribution in [-0.4, -0.2) is 21.0 Å². The molecule has 0 aliphatic heterocycles. The zero-order valence-corrected chi connectivity index (χ0v) is 9.80. The molecule has 0 aliphatic rings. The van der Waals surface area contributed by atoms with Crippen LogP contribution in [0, 0.1) is 5.82 Å². The molecule has 0 saturated carbocycles. The molecule has 0 unspecified atom stereocenters. The van der Waals surface area contributed by atoms with Gasteiger partial charge in [-0.3, -0.25) is 0 Å². The van der Waals surface area contributed by atoms with Crippen molar-refractivity contribution in [3.63, 3.8) is 0 Å². The number of rotatable bonds is 5. The van der Waals surface area contributed by atoms with Crippen molar-refractivity contribution in [2.75, 3.05) is 6.54 Å². The van der Waals surface area contributed by atoms with E-state index >= 15 is 0 Å². The molecule has 0 aromatic heterocycles. The van der Waals surface area contributed by atoms with Crippen molar-refractivity contribution in [3.05, 3.63) is 35.6 Å². The summed E-state index contributed by atoms with van der Waals surface area (Å²) in [6.07, 6.45) is 0. The van der Waals surface area contributed by atoms with E-state index in [0.29, 0.717) is 0 Å². The maximum absolute atomic E-state index is 13.2. The van der Waals surface area contributed by atoms with E-state index in [2.05, 4.69) is 4.72 Å². The van der Waals surface area contributed by atoms with Crippen molar-refractivity contribution >= 4 is 10.0 Å². The molecule has 6 heteroatoms. The van der Waals surface area contributed by atoms with E-state index in [4.69, 9.17) is 5.73 Å². The molecule has 1 rings (SSSR count). The topological polar surface area (TPSA) is 72.2 Å². The number of hydrogen-bond donors (Lipinski definition) is 2. The van der Waals surface area contributed by atoms with Crippen LogP contribution < -0.4 is 10.5 Å². The summed E-state index contributed by atoms with van der Waals surface area (Å²) in [5.41, 5.74) is 5.45. The third kappa shape index (κ3) is 3.88. The van der Waals surface area contributed by atoms with Gasteiger partial charge in [-0.2, -0.15) is 0 Å². The van der Waals surface area contributed by atoms with Crippen molar-refractivity contribution in [1.29, 1.82) is 0 Å². The molecule has 90 valence electrons. The van der Waals surface area contributed by atoms with Crippen LogP contribution in [0.3, 0.4) is 0 Å². The molecular formula is C10H15FN2O2S. The molecule has 1 atom stereocenters. The molecule has 1 aromatic rings. The molecule has 0 fully saturated rings. The Morgan fingerprint density at radius 1 is 1.44 bits per heavy atom. The largest absolute Gasteiger partial charge is 0.329 e. The highest BCUT2D eigenvalue weighted by atomic mass is 32.2. The molecule has 0 radical (unpaired) electrons. The fraction of sp³-hybridized carbons (Fsp3) is 0.400. The maximum Gasteiger partial charge on any atom is 0.216 e. The Hall–Kier alpha value is -0.980. The van der Waals surface area contributed by atoms with Crippen LogP contribution in [0.1, 0.15) is 12.5 Å². The lowest BCUT2D eigenvalue weighted by atomic mass is 10.2. The Morgan fingerprint density at radius 2 is 2.06 bits per heavy atom. The summed E-state index contributed by atoms with van der Waals surface area (Å²) in [6, 6.07) is 5.44. The summed E-state index contributed by atoms with van der Waals surface area (Å²) in [5, 5.41) is 0. The van der Waals surface area contributed by atoms with Gasteiger partial charge < -0.3 is 5.73 Å². The van der Waals surface area contributed by atoms with Crippen molar-refractivity contribution in [3.8, 4) is 0 Å². The van der Waals surface area contributed by atoms with Gasteiger partial charge in [0.1, 0.15) is 5.82 Å². The van der Waals surface area contributed by atoms with Gasteiger partial charge in [0.2, 0.25) is 10.0 Å². The van der Waals surface area contributed by atoms with E-state index in [1.165, 1.54) is 18.2 Å². The minimum absolute atomic E-state index is 0.152. The van der Waals surface area contributed by atoms with E-state index in [1.807, 2.05) is 0 Å². The molecule has 0 bridgehead atoms. The average Bonchev–Trinajstić information content (AvgIpc) is 2.20. The van der Waals surface area contributed by atoms with Crippen LogP contribution >= 0.6 is 0 Å². The van der Waals surface area contributed by atoms with Crippen LogP contribution in [0.5, 0.6) is 0 Å². The fourth-order valence-electron chi connectivity index (χ4n) is 1.22. The Balaban J connectivity index is 2.77. The fourth-order valence-corrected chi connectivity index (χ4v) is 2.65. The predicted octanol–water partition coefficient (Wildman–Crippen LogP) is 0.592. The summed E-state index contributed by atoms with van der Waals surface area (Å²) in [7, 11) is -3.54. The van der Waals surface area contributed by atoms with Gasteiger partial charge in [-0.1, -0.05) is 18.2 Å². The average molecular weight is 246 g/mol. The Morgan fingerprint density at radius 3 is 2.62 bits per heavy atom. The van der Waals surface area contributed by atoms with E-state index in [9.17, 15) is 12.8 Å². The minimum Gasteiger partial charge on any atom is -0.329 e. The van der Waals surface area contributed by atoms with Crippen LogP contribution in [0.25, 0.3) is 0 Å². The van der Waals surface area contributed by atoms with Gasteiger partial charge in [-0.05, 0) is 13.0 Å². The van der Waals surface area contributed by atoms with Crippen molar-refractivity contribution in [2.45, 2.75) is 18.7 Å². The number of sulfonamides is 1.